The van der Waals surface area contributed by atoms with E-state index in [-0.39, 0.29) is 5.91 Å². The van der Waals surface area contributed by atoms with E-state index in [1.807, 2.05) is 23.7 Å². The predicted octanol–water partition coefficient (Wildman–Crippen LogP) is -0.288. The van der Waals surface area contributed by atoms with Crippen LogP contribution in [0.5, 0.6) is 0 Å². The highest BCUT2D eigenvalue weighted by molar-refractivity contribution is 5.92. The van der Waals surface area contributed by atoms with E-state index in [4.69, 9.17) is 6.42 Å². The fraction of sp³-hybridized carbons (Fsp3) is 0.333. The molecule has 0 aliphatic carbocycles. The molecule has 0 saturated carbocycles. The maximum absolute atomic E-state index is 10.6. The van der Waals surface area contributed by atoms with Gasteiger partial charge in [0.1, 0.15) is 0 Å². The molecule has 1 aromatic heterocycles. The number of nitrogens with zero attached hydrogens (tertiary/aromatic N) is 2. The van der Waals surface area contributed by atoms with Crippen LogP contribution in [0.1, 0.15) is 5.69 Å². The Balaban J connectivity index is 2.29. The number of aryl methyl sites for hydroxylation is 1. The molecule has 1 rings (SSSR count). The molecule has 1 aromatic rings. The summed E-state index contributed by atoms with van der Waals surface area (Å²) in [6, 6.07) is 0. The quantitative estimate of drug-likeness (QED) is 0.645. The van der Waals surface area contributed by atoms with Crippen LogP contribution in [0.4, 0.5) is 0 Å². The van der Waals surface area contributed by atoms with E-state index in [2.05, 4.69) is 10.3 Å². The average Bonchev–Trinajstić information content (AvgIpc) is 2.51. The molecule has 68 valence electrons. The lowest BCUT2D eigenvalue weighted by Gasteiger charge is -1.97. The van der Waals surface area contributed by atoms with Crippen molar-refractivity contribution in [3.05, 3.63) is 18.2 Å². The van der Waals surface area contributed by atoms with Gasteiger partial charge in [-0.2, -0.15) is 0 Å². The van der Waals surface area contributed by atoms with Crippen molar-refractivity contribution in [2.24, 2.45) is 7.05 Å². The first-order valence-corrected chi connectivity index (χ1v) is 3.93. The number of rotatable bonds is 3. The van der Waals surface area contributed by atoms with Crippen LogP contribution in [0.2, 0.25) is 0 Å². The second-order valence-electron chi connectivity index (χ2n) is 2.68. The van der Waals surface area contributed by atoms with Crippen LogP contribution in [0, 0.1) is 12.3 Å². The molecule has 0 radical (unpaired) electrons. The summed E-state index contributed by atoms with van der Waals surface area (Å²) in [7, 11) is 1.90. The van der Waals surface area contributed by atoms with Gasteiger partial charge in [-0.05, 0) is 5.92 Å². The summed E-state index contributed by atoms with van der Waals surface area (Å²) < 4.78 is 1.86. The maximum Gasteiger partial charge on any atom is 0.295 e. The summed E-state index contributed by atoms with van der Waals surface area (Å²) >= 11 is 0. The second-order valence-corrected chi connectivity index (χ2v) is 2.68. The third-order valence-electron chi connectivity index (χ3n) is 1.56. The number of imidazole rings is 1. The van der Waals surface area contributed by atoms with Gasteiger partial charge in [0.2, 0.25) is 0 Å². The molecule has 1 amide bonds. The number of terminal acetylenes is 1. The number of hydrogen-bond acceptors (Lipinski definition) is 2. The zero-order valence-electron chi connectivity index (χ0n) is 7.45. The molecule has 0 aromatic carbocycles. The molecular formula is C9H11N3O. The van der Waals surface area contributed by atoms with Gasteiger partial charge in [0, 0.05) is 26.2 Å². The van der Waals surface area contributed by atoms with E-state index >= 15 is 0 Å². The number of carbonyl (C=O) groups excluding carboxylic acids is 1. The minimum absolute atomic E-state index is 0.379. The van der Waals surface area contributed by atoms with E-state index in [9.17, 15) is 4.79 Å². The molecule has 0 saturated heterocycles. The molecular weight excluding hydrogens is 166 g/mol. The number of amides is 1. The average molecular weight is 177 g/mol. The summed E-state index contributed by atoms with van der Waals surface area (Å²) in [6.45, 7) is 0.528. The third-order valence-corrected chi connectivity index (χ3v) is 1.56. The first kappa shape index (κ1) is 9.33. The summed E-state index contributed by atoms with van der Waals surface area (Å²) in [5.74, 6) is 1.60. The van der Waals surface area contributed by atoms with Gasteiger partial charge in [0.15, 0.2) is 0 Å². The first-order chi connectivity index (χ1) is 6.22. The van der Waals surface area contributed by atoms with Crippen molar-refractivity contribution < 1.29 is 4.79 Å². The molecule has 0 atom stereocenters. The summed E-state index contributed by atoms with van der Waals surface area (Å²) in [6.07, 6.45) is 9.20. The van der Waals surface area contributed by atoms with E-state index in [0.29, 0.717) is 13.0 Å². The zero-order chi connectivity index (χ0) is 9.68. The molecule has 0 unspecified atom stereocenters. The van der Waals surface area contributed by atoms with Gasteiger partial charge >= 0.3 is 0 Å². The monoisotopic (exact) mass is 177 g/mol. The first-order valence-electron chi connectivity index (χ1n) is 3.93. The summed E-state index contributed by atoms with van der Waals surface area (Å²) in [5.41, 5.74) is 0.944. The van der Waals surface area contributed by atoms with Gasteiger partial charge in [0.25, 0.3) is 5.91 Å². The Bertz CT molecular complexity index is 335. The van der Waals surface area contributed by atoms with Gasteiger partial charge in [-0.15, -0.1) is 6.42 Å². The summed E-state index contributed by atoms with van der Waals surface area (Å²) in [4.78, 5) is 14.7. The van der Waals surface area contributed by atoms with Gasteiger partial charge in [0.05, 0.1) is 12.0 Å². The molecule has 1 heterocycles. The van der Waals surface area contributed by atoms with Crippen molar-refractivity contribution in [3.8, 4) is 12.3 Å². The van der Waals surface area contributed by atoms with Gasteiger partial charge in [-0.3, -0.25) is 4.79 Å². The maximum atomic E-state index is 10.6. The lowest BCUT2D eigenvalue weighted by atomic mass is 10.3. The lowest BCUT2D eigenvalue weighted by molar-refractivity contribution is -0.115. The molecule has 13 heavy (non-hydrogen) atoms. The highest BCUT2D eigenvalue weighted by Gasteiger charge is 1.97. The van der Waals surface area contributed by atoms with Crippen LogP contribution in [0.3, 0.4) is 0 Å². The fourth-order valence-electron chi connectivity index (χ4n) is 0.951. The minimum atomic E-state index is -0.379. The minimum Gasteiger partial charge on any atom is -0.345 e. The van der Waals surface area contributed by atoms with Crippen molar-refractivity contribution >= 4 is 5.91 Å². The molecule has 0 fully saturated rings. The van der Waals surface area contributed by atoms with Crippen molar-refractivity contribution in [1.82, 2.24) is 14.9 Å². The van der Waals surface area contributed by atoms with Crippen LogP contribution >= 0.6 is 0 Å². The lowest BCUT2D eigenvalue weighted by Crippen LogP contribution is -2.23. The Morgan fingerprint density at radius 3 is 3.15 bits per heavy atom. The largest absolute Gasteiger partial charge is 0.345 e. The zero-order valence-corrected chi connectivity index (χ0v) is 7.45. The molecule has 1 N–H and O–H groups in total. The van der Waals surface area contributed by atoms with Crippen molar-refractivity contribution in [2.45, 2.75) is 6.42 Å². The van der Waals surface area contributed by atoms with Crippen molar-refractivity contribution in [1.29, 1.82) is 0 Å². The molecule has 0 bridgehead atoms. The van der Waals surface area contributed by atoms with Crippen molar-refractivity contribution in [3.63, 3.8) is 0 Å². The molecule has 0 spiro atoms. The molecule has 4 nitrogen and oxygen atoms in total. The Morgan fingerprint density at radius 2 is 2.62 bits per heavy atom. The van der Waals surface area contributed by atoms with E-state index in [1.165, 1.54) is 0 Å². The number of hydrogen-bond donors (Lipinski definition) is 1. The molecule has 0 aliphatic rings. The second kappa shape index (κ2) is 4.31. The van der Waals surface area contributed by atoms with Crippen LogP contribution in [-0.2, 0) is 18.3 Å². The Hall–Kier alpha value is -1.76. The Kier molecular flexibility index (Phi) is 3.09. The van der Waals surface area contributed by atoms with Gasteiger partial charge in [-0.25, -0.2) is 4.98 Å². The van der Waals surface area contributed by atoms with E-state index in [0.717, 1.165) is 5.69 Å². The SMILES string of the molecule is C#CC(=O)NCCc1cn(C)cn1. The standard InChI is InChI=1S/C9H11N3O/c1-3-9(13)10-5-4-8-6-12(2)7-11-8/h1,6-7H,4-5H2,2H3,(H,10,13). The van der Waals surface area contributed by atoms with Crippen LogP contribution in [0.15, 0.2) is 12.5 Å². The van der Waals surface area contributed by atoms with Crippen molar-refractivity contribution in [2.75, 3.05) is 6.54 Å². The number of nitrogens with one attached hydrogen (secondary N) is 1. The highest BCUT2D eigenvalue weighted by atomic mass is 16.1. The number of aromatic nitrogens is 2. The van der Waals surface area contributed by atoms with Crippen LogP contribution < -0.4 is 5.32 Å². The van der Waals surface area contributed by atoms with E-state index < -0.39 is 0 Å². The molecule has 4 heteroatoms. The Morgan fingerprint density at radius 1 is 1.85 bits per heavy atom. The smallest absolute Gasteiger partial charge is 0.295 e. The van der Waals surface area contributed by atoms with Crippen LogP contribution in [0.25, 0.3) is 0 Å². The summed E-state index contributed by atoms with van der Waals surface area (Å²) in [5, 5.41) is 2.57. The fourth-order valence-corrected chi connectivity index (χ4v) is 0.951. The topological polar surface area (TPSA) is 46.9 Å². The third kappa shape index (κ3) is 2.99. The van der Waals surface area contributed by atoms with E-state index in [1.54, 1.807) is 6.33 Å². The normalized spacial score (nSPS) is 9.23. The highest BCUT2D eigenvalue weighted by Crippen LogP contribution is 1.93. The van der Waals surface area contributed by atoms with Crippen LogP contribution in [-0.4, -0.2) is 22.0 Å². The number of carbonyl (C=O) groups is 1. The predicted molar refractivity (Wildman–Crippen MR) is 48.8 cm³/mol. The molecule has 0 aliphatic heterocycles. The van der Waals surface area contributed by atoms with Gasteiger partial charge < -0.3 is 9.88 Å². The van der Waals surface area contributed by atoms with Gasteiger partial charge in [-0.1, -0.05) is 0 Å². The Labute approximate surface area is 77.0 Å².